The zero-order valence-electron chi connectivity index (χ0n) is 10.3. The Hall–Kier alpha value is -1.36. The molecule has 1 aromatic heterocycles. The van der Waals surface area contributed by atoms with Gasteiger partial charge in [-0.3, -0.25) is 0 Å². The minimum absolute atomic E-state index is 0.430. The second-order valence-corrected chi connectivity index (χ2v) is 5.39. The molecule has 1 aliphatic heterocycles. The number of halogens is 1. The molecule has 2 heterocycles. The number of β-amino-alcohol motifs (C(OH)–C–C–N with tert-alkyl or cyclic N) is 2. The Morgan fingerprint density at radius 1 is 1.11 bits per heavy atom. The summed E-state index contributed by atoms with van der Waals surface area (Å²) in [5, 5.41) is 21.1. The van der Waals surface area contributed by atoms with Crippen LogP contribution in [-0.2, 0) is 0 Å². The number of nitrogens with zero attached hydrogens (tertiary/aromatic N) is 2. The molecule has 19 heavy (non-hydrogen) atoms. The topological polar surface area (TPSA) is 56.6 Å². The van der Waals surface area contributed by atoms with Gasteiger partial charge in [0.25, 0.3) is 0 Å². The summed E-state index contributed by atoms with van der Waals surface area (Å²) in [7, 11) is 0. The third-order valence-corrected chi connectivity index (χ3v) is 3.60. The molecule has 0 spiro atoms. The highest BCUT2D eigenvalue weighted by molar-refractivity contribution is 6.31. The molecule has 1 saturated heterocycles. The second-order valence-electron chi connectivity index (χ2n) is 4.95. The number of aromatic nitrogens is 1. The lowest BCUT2D eigenvalue weighted by atomic mass is 10.1. The second kappa shape index (κ2) is 4.96. The summed E-state index contributed by atoms with van der Waals surface area (Å²) in [5.41, 5.74) is 0.858. The van der Waals surface area contributed by atoms with Crippen LogP contribution in [-0.4, -0.2) is 40.5 Å². The quantitative estimate of drug-likeness (QED) is 0.835. The normalized spacial score (nSPS) is 23.8. The lowest BCUT2D eigenvalue weighted by molar-refractivity contribution is 0.0648. The van der Waals surface area contributed by atoms with Crippen molar-refractivity contribution in [3.63, 3.8) is 0 Å². The molecule has 5 heteroatoms. The maximum absolute atomic E-state index is 9.71. The Morgan fingerprint density at radius 3 is 2.58 bits per heavy atom. The summed E-state index contributed by atoms with van der Waals surface area (Å²) >= 11 is 5.94. The SMILES string of the molecule is O[C@@H]1C[C@@H](O)CN(c2ccc3cc(Cl)ccc3n2)C1. The number of pyridine rings is 1. The van der Waals surface area contributed by atoms with Crippen LogP contribution in [0.1, 0.15) is 6.42 Å². The van der Waals surface area contributed by atoms with Crippen molar-refractivity contribution in [3.05, 3.63) is 35.4 Å². The van der Waals surface area contributed by atoms with Crippen LogP contribution in [0, 0.1) is 0 Å². The van der Waals surface area contributed by atoms with Crippen LogP contribution >= 0.6 is 11.6 Å². The maximum Gasteiger partial charge on any atom is 0.129 e. The van der Waals surface area contributed by atoms with E-state index in [0.717, 1.165) is 16.7 Å². The summed E-state index contributed by atoms with van der Waals surface area (Å²) in [5.74, 6) is 0.771. The van der Waals surface area contributed by atoms with E-state index in [9.17, 15) is 10.2 Å². The average molecular weight is 279 g/mol. The predicted molar refractivity (Wildman–Crippen MR) is 75.6 cm³/mol. The first kappa shape index (κ1) is 12.7. The van der Waals surface area contributed by atoms with Gasteiger partial charge in [-0.1, -0.05) is 11.6 Å². The standard InChI is InChI=1S/C14H15ClN2O2/c15-10-2-3-13-9(5-10)1-4-14(16-13)17-7-11(18)6-12(19)8-17/h1-5,11-12,18-19H,6-8H2/t11-,12-/m1/s1. The van der Waals surface area contributed by atoms with Crippen LogP contribution in [0.4, 0.5) is 5.82 Å². The Balaban J connectivity index is 1.94. The smallest absolute Gasteiger partial charge is 0.129 e. The first-order chi connectivity index (χ1) is 9.11. The largest absolute Gasteiger partial charge is 0.391 e. The summed E-state index contributed by atoms with van der Waals surface area (Å²) in [6, 6.07) is 9.40. The molecule has 2 aromatic rings. The number of anilines is 1. The molecule has 0 bridgehead atoms. The Labute approximate surface area is 116 Å². The lowest BCUT2D eigenvalue weighted by Crippen LogP contribution is -2.46. The fourth-order valence-corrected chi connectivity index (χ4v) is 2.68. The number of piperidine rings is 1. The average Bonchev–Trinajstić information content (AvgIpc) is 2.37. The molecule has 0 aliphatic carbocycles. The molecular weight excluding hydrogens is 264 g/mol. The summed E-state index contributed by atoms with van der Waals surface area (Å²) in [4.78, 5) is 6.46. The van der Waals surface area contributed by atoms with Crippen molar-refractivity contribution in [1.29, 1.82) is 0 Å². The van der Waals surface area contributed by atoms with Crippen LogP contribution in [0.5, 0.6) is 0 Å². The fourth-order valence-electron chi connectivity index (χ4n) is 2.50. The van der Waals surface area contributed by atoms with E-state index in [2.05, 4.69) is 4.98 Å². The third kappa shape index (κ3) is 2.66. The molecule has 0 radical (unpaired) electrons. The van der Waals surface area contributed by atoms with E-state index >= 15 is 0 Å². The molecule has 0 unspecified atom stereocenters. The van der Waals surface area contributed by atoms with E-state index in [1.807, 2.05) is 29.2 Å². The molecule has 0 saturated carbocycles. The number of fused-ring (bicyclic) bond motifs is 1. The van der Waals surface area contributed by atoms with Crippen LogP contribution in [0.25, 0.3) is 10.9 Å². The molecule has 1 fully saturated rings. The number of hydrogen-bond acceptors (Lipinski definition) is 4. The minimum Gasteiger partial charge on any atom is -0.391 e. The van der Waals surface area contributed by atoms with E-state index in [4.69, 9.17) is 11.6 Å². The van der Waals surface area contributed by atoms with Gasteiger partial charge in [-0.2, -0.15) is 0 Å². The number of aliphatic hydroxyl groups is 2. The van der Waals surface area contributed by atoms with Crippen LogP contribution in [0.3, 0.4) is 0 Å². The van der Waals surface area contributed by atoms with Gasteiger partial charge in [-0.05, 0) is 30.3 Å². The number of rotatable bonds is 1. The molecule has 1 aromatic carbocycles. The van der Waals surface area contributed by atoms with Crippen LogP contribution < -0.4 is 4.90 Å². The van der Waals surface area contributed by atoms with Crippen molar-refractivity contribution in [3.8, 4) is 0 Å². The Morgan fingerprint density at radius 2 is 1.84 bits per heavy atom. The zero-order valence-corrected chi connectivity index (χ0v) is 11.1. The highest BCUT2D eigenvalue weighted by Crippen LogP contribution is 2.23. The molecule has 4 nitrogen and oxygen atoms in total. The van der Waals surface area contributed by atoms with E-state index in [-0.39, 0.29) is 0 Å². The molecular formula is C14H15ClN2O2. The van der Waals surface area contributed by atoms with E-state index in [0.29, 0.717) is 24.5 Å². The van der Waals surface area contributed by atoms with Crippen molar-refractivity contribution < 1.29 is 10.2 Å². The van der Waals surface area contributed by atoms with Crippen molar-refractivity contribution >= 4 is 28.3 Å². The summed E-state index contributed by atoms with van der Waals surface area (Å²) in [6.07, 6.45) is -0.586. The number of hydrogen-bond donors (Lipinski definition) is 2. The van der Waals surface area contributed by atoms with Crippen molar-refractivity contribution in [2.24, 2.45) is 0 Å². The molecule has 100 valence electrons. The summed E-state index contributed by atoms with van der Waals surface area (Å²) < 4.78 is 0. The van der Waals surface area contributed by atoms with Gasteiger partial charge in [-0.15, -0.1) is 0 Å². The third-order valence-electron chi connectivity index (χ3n) is 3.37. The highest BCUT2D eigenvalue weighted by Gasteiger charge is 2.25. The molecule has 2 N–H and O–H groups in total. The zero-order chi connectivity index (χ0) is 13.4. The lowest BCUT2D eigenvalue weighted by Gasteiger charge is -2.34. The molecule has 0 amide bonds. The highest BCUT2D eigenvalue weighted by atomic mass is 35.5. The van der Waals surface area contributed by atoms with Crippen molar-refractivity contribution in [2.45, 2.75) is 18.6 Å². The fraction of sp³-hybridized carbons (Fsp3) is 0.357. The maximum atomic E-state index is 9.71. The summed E-state index contributed by atoms with van der Waals surface area (Å²) in [6.45, 7) is 1.01. The van der Waals surface area contributed by atoms with E-state index in [1.165, 1.54) is 0 Å². The van der Waals surface area contributed by atoms with Gasteiger partial charge in [0, 0.05) is 29.9 Å². The predicted octanol–water partition coefficient (Wildman–Crippen LogP) is 1.82. The molecule has 2 atom stereocenters. The van der Waals surface area contributed by atoms with Crippen LogP contribution in [0.2, 0.25) is 5.02 Å². The van der Waals surface area contributed by atoms with Crippen molar-refractivity contribution in [2.75, 3.05) is 18.0 Å². The monoisotopic (exact) mass is 278 g/mol. The van der Waals surface area contributed by atoms with Gasteiger partial charge >= 0.3 is 0 Å². The van der Waals surface area contributed by atoms with Gasteiger partial charge in [0.05, 0.1) is 17.7 Å². The Kier molecular flexibility index (Phi) is 3.31. The molecule has 3 rings (SSSR count). The number of aliphatic hydroxyl groups excluding tert-OH is 2. The first-order valence-corrected chi connectivity index (χ1v) is 6.67. The van der Waals surface area contributed by atoms with Crippen LogP contribution in [0.15, 0.2) is 30.3 Å². The van der Waals surface area contributed by atoms with E-state index in [1.54, 1.807) is 6.07 Å². The van der Waals surface area contributed by atoms with Gasteiger partial charge in [0.1, 0.15) is 5.82 Å². The minimum atomic E-state index is -0.508. The number of benzene rings is 1. The van der Waals surface area contributed by atoms with Crippen molar-refractivity contribution in [1.82, 2.24) is 4.98 Å². The van der Waals surface area contributed by atoms with Gasteiger partial charge in [-0.25, -0.2) is 4.98 Å². The van der Waals surface area contributed by atoms with Gasteiger partial charge in [0.15, 0.2) is 0 Å². The Bertz CT molecular complexity index is 595. The molecule has 1 aliphatic rings. The van der Waals surface area contributed by atoms with Gasteiger partial charge in [0.2, 0.25) is 0 Å². The first-order valence-electron chi connectivity index (χ1n) is 6.29. The van der Waals surface area contributed by atoms with Gasteiger partial charge < -0.3 is 15.1 Å². The van der Waals surface area contributed by atoms with E-state index < -0.39 is 12.2 Å².